The van der Waals surface area contributed by atoms with Crippen molar-refractivity contribution < 1.29 is 4.79 Å². The summed E-state index contributed by atoms with van der Waals surface area (Å²) in [5, 5.41) is 6.43. The van der Waals surface area contributed by atoms with Crippen LogP contribution >= 0.6 is 0 Å². The Kier molecular flexibility index (Phi) is 1.99. The molecule has 78 valence electrons. The Hall–Kier alpha value is -1.35. The highest BCUT2D eigenvalue weighted by atomic mass is 16.1. The number of hydrogen-bond donors (Lipinski definition) is 2. The van der Waals surface area contributed by atoms with Crippen LogP contribution < -0.4 is 10.6 Å². The van der Waals surface area contributed by atoms with Crippen molar-refractivity contribution in [2.75, 3.05) is 25.0 Å². The van der Waals surface area contributed by atoms with Crippen molar-refractivity contribution in [3.05, 3.63) is 29.3 Å². The molecule has 0 spiro atoms. The molecule has 3 rings (SSSR count). The third-order valence-electron chi connectivity index (χ3n) is 3.25. The average molecular weight is 202 g/mol. The van der Waals surface area contributed by atoms with Crippen molar-refractivity contribution in [1.29, 1.82) is 0 Å². The first-order valence-corrected chi connectivity index (χ1v) is 5.46. The first kappa shape index (κ1) is 8.92. The van der Waals surface area contributed by atoms with Gasteiger partial charge >= 0.3 is 0 Å². The second kappa shape index (κ2) is 3.35. The second-order valence-corrected chi connectivity index (χ2v) is 4.27. The lowest BCUT2D eigenvalue weighted by molar-refractivity contribution is 0.0878. The zero-order chi connectivity index (χ0) is 10.3. The molecule has 1 fully saturated rings. The number of fused-ring (bicyclic) bond motifs is 1. The van der Waals surface area contributed by atoms with Gasteiger partial charge in [0.15, 0.2) is 5.78 Å². The highest BCUT2D eigenvalue weighted by Gasteiger charge is 2.26. The van der Waals surface area contributed by atoms with Crippen LogP contribution in [0.1, 0.15) is 15.9 Å². The molecule has 3 nitrogen and oxygen atoms in total. The lowest BCUT2D eigenvalue weighted by atomic mass is 9.92. The number of rotatable bonds is 2. The molecule has 1 aromatic rings. The normalized spacial score (nSPS) is 19.2. The monoisotopic (exact) mass is 202 g/mol. The fraction of sp³-hybridized carbons (Fsp3) is 0.417. The van der Waals surface area contributed by atoms with Crippen molar-refractivity contribution in [2.24, 2.45) is 5.92 Å². The third-order valence-corrected chi connectivity index (χ3v) is 3.25. The summed E-state index contributed by atoms with van der Waals surface area (Å²) >= 11 is 0. The molecule has 0 amide bonds. The van der Waals surface area contributed by atoms with Crippen LogP contribution in [0.4, 0.5) is 5.69 Å². The van der Waals surface area contributed by atoms with E-state index in [-0.39, 0.29) is 5.92 Å². The SMILES string of the molecule is O=C(c1ccc2c(c1)CCN2)C1CNC1. The van der Waals surface area contributed by atoms with E-state index in [1.807, 2.05) is 12.1 Å². The Morgan fingerprint density at radius 1 is 1.33 bits per heavy atom. The average Bonchev–Trinajstić information content (AvgIpc) is 2.61. The maximum absolute atomic E-state index is 12.0. The molecule has 0 unspecified atom stereocenters. The molecule has 15 heavy (non-hydrogen) atoms. The summed E-state index contributed by atoms with van der Waals surface area (Å²) in [5.74, 6) is 0.501. The van der Waals surface area contributed by atoms with Gasteiger partial charge < -0.3 is 10.6 Å². The molecule has 2 aliphatic heterocycles. The predicted octanol–water partition coefficient (Wildman–Crippen LogP) is 1.06. The van der Waals surface area contributed by atoms with Crippen molar-refractivity contribution in [3.8, 4) is 0 Å². The van der Waals surface area contributed by atoms with Gasteiger partial charge in [-0.25, -0.2) is 0 Å². The molecule has 1 saturated heterocycles. The molecule has 0 aromatic heterocycles. The Morgan fingerprint density at radius 3 is 2.93 bits per heavy atom. The number of hydrogen-bond acceptors (Lipinski definition) is 3. The van der Waals surface area contributed by atoms with Crippen LogP contribution in [-0.2, 0) is 6.42 Å². The molecule has 2 N–H and O–H groups in total. The summed E-state index contributed by atoms with van der Waals surface area (Å²) in [7, 11) is 0. The van der Waals surface area contributed by atoms with Gasteiger partial charge in [0.1, 0.15) is 0 Å². The number of Topliss-reactive ketones (excluding diaryl/α,β-unsaturated/α-hetero) is 1. The van der Waals surface area contributed by atoms with E-state index in [0.717, 1.165) is 31.6 Å². The zero-order valence-electron chi connectivity index (χ0n) is 8.55. The van der Waals surface area contributed by atoms with Gasteiger partial charge in [0.05, 0.1) is 0 Å². The maximum Gasteiger partial charge on any atom is 0.168 e. The molecule has 2 aliphatic rings. The Bertz CT molecular complexity index is 410. The second-order valence-electron chi connectivity index (χ2n) is 4.27. The van der Waals surface area contributed by atoms with E-state index in [1.54, 1.807) is 0 Å². The summed E-state index contributed by atoms with van der Waals surface area (Å²) in [5.41, 5.74) is 3.36. The minimum atomic E-state index is 0.206. The summed E-state index contributed by atoms with van der Waals surface area (Å²) in [6, 6.07) is 6.02. The summed E-state index contributed by atoms with van der Waals surface area (Å²) < 4.78 is 0. The van der Waals surface area contributed by atoms with Gasteiger partial charge in [-0.2, -0.15) is 0 Å². The molecule has 1 aromatic carbocycles. The van der Waals surface area contributed by atoms with Gasteiger partial charge in [0.25, 0.3) is 0 Å². The number of carbonyl (C=O) groups excluding carboxylic acids is 1. The van der Waals surface area contributed by atoms with Crippen LogP contribution in [0.3, 0.4) is 0 Å². The van der Waals surface area contributed by atoms with Crippen LogP contribution in [0.2, 0.25) is 0 Å². The van der Waals surface area contributed by atoms with Crippen LogP contribution in [0.25, 0.3) is 0 Å². The fourth-order valence-electron chi connectivity index (χ4n) is 2.17. The highest BCUT2D eigenvalue weighted by molar-refractivity contribution is 5.99. The van der Waals surface area contributed by atoms with Gasteiger partial charge in [0.2, 0.25) is 0 Å². The van der Waals surface area contributed by atoms with Gasteiger partial charge in [0, 0.05) is 36.8 Å². The molecule has 0 radical (unpaired) electrons. The van der Waals surface area contributed by atoms with Crippen molar-refractivity contribution in [2.45, 2.75) is 6.42 Å². The van der Waals surface area contributed by atoms with E-state index in [9.17, 15) is 4.79 Å². The molecular formula is C12H14N2O. The van der Waals surface area contributed by atoms with Gasteiger partial charge in [-0.1, -0.05) is 0 Å². The van der Waals surface area contributed by atoms with Gasteiger partial charge in [-0.05, 0) is 30.2 Å². The smallest absolute Gasteiger partial charge is 0.168 e. The molecule has 0 saturated carbocycles. The minimum absolute atomic E-state index is 0.206. The van der Waals surface area contributed by atoms with E-state index in [2.05, 4.69) is 16.7 Å². The summed E-state index contributed by atoms with van der Waals surface area (Å²) in [6.45, 7) is 2.68. The van der Waals surface area contributed by atoms with Crippen molar-refractivity contribution in [3.63, 3.8) is 0 Å². The van der Waals surface area contributed by atoms with E-state index in [1.165, 1.54) is 11.3 Å². The number of nitrogens with one attached hydrogen (secondary N) is 2. The summed E-state index contributed by atoms with van der Waals surface area (Å²) in [4.78, 5) is 12.0. The van der Waals surface area contributed by atoms with Crippen molar-refractivity contribution in [1.82, 2.24) is 5.32 Å². The molecule has 0 bridgehead atoms. The molecule has 0 atom stereocenters. The lowest BCUT2D eigenvalue weighted by Gasteiger charge is -2.25. The quantitative estimate of drug-likeness (QED) is 0.704. The first-order chi connectivity index (χ1) is 7.34. The third kappa shape index (κ3) is 1.43. The first-order valence-electron chi connectivity index (χ1n) is 5.46. The largest absolute Gasteiger partial charge is 0.384 e. The molecular weight excluding hydrogens is 188 g/mol. The molecule has 3 heteroatoms. The molecule has 2 heterocycles. The number of ketones is 1. The molecule has 0 aliphatic carbocycles. The number of benzene rings is 1. The van der Waals surface area contributed by atoms with E-state index < -0.39 is 0 Å². The standard InChI is InChI=1S/C12H14N2O/c15-12(10-6-13-7-10)9-1-2-11-8(5-9)3-4-14-11/h1-2,5,10,13-14H,3-4,6-7H2. The van der Waals surface area contributed by atoms with Crippen LogP contribution in [0.5, 0.6) is 0 Å². The van der Waals surface area contributed by atoms with Gasteiger partial charge in [-0.15, -0.1) is 0 Å². The van der Waals surface area contributed by atoms with Crippen LogP contribution in [0.15, 0.2) is 18.2 Å². The fourth-order valence-corrected chi connectivity index (χ4v) is 2.17. The van der Waals surface area contributed by atoms with E-state index in [0.29, 0.717) is 5.78 Å². The number of carbonyl (C=O) groups is 1. The predicted molar refractivity (Wildman–Crippen MR) is 59.3 cm³/mol. The lowest BCUT2D eigenvalue weighted by Crippen LogP contribution is -2.46. The number of anilines is 1. The van der Waals surface area contributed by atoms with Crippen molar-refractivity contribution >= 4 is 11.5 Å². The van der Waals surface area contributed by atoms with Crippen LogP contribution in [0, 0.1) is 5.92 Å². The Labute approximate surface area is 88.9 Å². The summed E-state index contributed by atoms with van der Waals surface area (Å²) in [6.07, 6.45) is 1.04. The van der Waals surface area contributed by atoms with Crippen LogP contribution in [-0.4, -0.2) is 25.4 Å². The highest BCUT2D eigenvalue weighted by Crippen LogP contribution is 2.24. The minimum Gasteiger partial charge on any atom is -0.384 e. The van der Waals surface area contributed by atoms with E-state index >= 15 is 0 Å². The zero-order valence-corrected chi connectivity index (χ0v) is 8.55. The topological polar surface area (TPSA) is 41.1 Å². The van der Waals surface area contributed by atoms with E-state index in [4.69, 9.17) is 0 Å². The Morgan fingerprint density at radius 2 is 2.20 bits per heavy atom. The maximum atomic E-state index is 12.0. The Balaban J connectivity index is 1.88. The van der Waals surface area contributed by atoms with Gasteiger partial charge in [-0.3, -0.25) is 4.79 Å².